The molecule has 202 valence electrons. The summed E-state index contributed by atoms with van der Waals surface area (Å²) in [5.74, 6) is -0.837. The number of halogens is 1. The van der Waals surface area contributed by atoms with Crippen LogP contribution in [-0.4, -0.2) is 50.0 Å². The molecule has 2 aromatic carbocycles. The van der Waals surface area contributed by atoms with Crippen molar-refractivity contribution in [1.82, 2.24) is 10.2 Å². The van der Waals surface area contributed by atoms with Gasteiger partial charge >= 0.3 is 0 Å². The molecule has 2 aromatic rings. The maximum Gasteiger partial charge on any atom is 0.242 e. The number of anilines is 1. The molecular weight excluding hydrogens is 493 g/mol. The van der Waals surface area contributed by atoms with Crippen molar-refractivity contribution in [2.24, 2.45) is 0 Å². The van der Waals surface area contributed by atoms with E-state index in [-0.39, 0.29) is 49.6 Å². The van der Waals surface area contributed by atoms with E-state index in [2.05, 4.69) is 5.32 Å². The van der Waals surface area contributed by atoms with Crippen molar-refractivity contribution < 1.29 is 22.4 Å². The summed E-state index contributed by atoms with van der Waals surface area (Å²) in [6.45, 7) is 3.85. The van der Waals surface area contributed by atoms with Gasteiger partial charge in [0, 0.05) is 25.6 Å². The van der Waals surface area contributed by atoms with Gasteiger partial charge in [-0.15, -0.1) is 0 Å². The minimum absolute atomic E-state index is 0.0696. The van der Waals surface area contributed by atoms with E-state index in [4.69, 9.17) is 0 Å². The predicted molar refractivity (Wildman–Crippen MR) is 144 cm³/mol. The van der Waals surface area contributed by atoms with Crippen molar-refractivity contribution >= 4 is 27.5 Å². The van der Waals surface area contributed by atoms with Gasteiger partial charge in [-0.1, -0.05) is 49.6 Å². The average Bonchev–Trinajstić information content (AvgIpc) is 2.86. The molecule has 1 N–H and O–H groups in total. The number of hydrogen-bond donors (Lipinski definition) is 1. The van der Waals surface area contributed by atoms with E-state index >= 15 is 0 Å². The van der Waals surface area contributed by atoms with Crippen molar-refractivity contribution in [3.63, 3.8) is 0 Å². The number of aryl methyl sites for hydroxylation is 1. The molecule has 1 saturated carbocycles. The van der Waals surface area contributed by atoms with Gasteiger partial charge in [0.1, 0.15) is 11.9 Å². The van der Waals surface area contributed by atoms with Crippen LogP contribution < -0.4 is 9.62 Å². The first-order chi connectivity index (χ1) is 17.6. The van der Waals surface area contributed by atoms with Gasteiger partial charge in [0.05, 0.1) is 11.9 Å². The molecule has 0 spiro atoms. The number of amides is 2. The van der Waals surface area contributed by atoms with Crippen LogP contribution in [0.1, 0.15) is 63.0 Å². The van der Waals surface area contributed by atoms with E-state index in [1.54, 1.807) is 31.2 Å². The van der Waals surface area contributed by atoms with E-state index in [9.17, 15) is 22.4 Å². The summed E-state index contributed by atoms with van der Waals surface area (Å²) in [5.41, 5.74) is 2.12. The highest BCUT2D eigenvalue weighted by Crippen LogP contribution is 2.23. The number of benzene rings is 2. The smallest absolute Gasteiger partial charge is 0.242 e. The maximum atomic E-state index is 13.4. The molecule has 0 aliphatic heterocycles. The van der Waals surface area contributed by atoms with E-state index in [1.807, 2.05) is 19.1 Å². The molecule has 7 nitrogen and oxygen atoms in total. The van der Waals surface area contributed by atoms with Crippen molar-refractivity contribution in [3.8, 4) is 0 Å². The minimum Gasteiger partial charge on any atom is -0.352 e. The van der Waals surface area contributed by atoms with Gasteiger partial charge in [-0.3, -0.25) is 13.9 Å². The first kappa shape index (κ1) is 28.6. The van der Waals surface area contributed by atoms with Crippen molar-refractivity contribution in [1.29, 1.82) is 0 Å². The Balaban J connectivity index is 1.71. The van der Waals surface area contributed by atoms with Crippen LogP contribution in [0.3, 0.4) is 0 Å². The molecule has 9 heteroatoms. The largest absolute Gasteiger partial charge is 0.352 e. The van der Waals surface area contributed by atoms with Crippen LogP contribution >= 0.6 is 0 Å². The van der Waals surface area contributed by atoms with Gasteiger partial charge in [0.2, 0.25) is 21.8 Å². The number of nitrogens with zero attached hydrogens (tertiary/aromatic N) is 2. The number of carbonyl (C=O) groups is 2. The van der Waals surface area contributed by atoms with Crippen LogP contribution in [-0.2, 0) is 26.2 Å². The van der Waals surface area contributed by atoms with Gasteiger partial charge < -0.3 is 10.2 Å². The average molecular weight is 532 g/mol. The number of carbonyl (C=O) groups excluding carboxylic acids is 2. The molecule has 1 aliphatic rings. The second-order valence-corrected chi connectivity index (χ2v) is 11.8. The highest BCUT2D eigenvalue weighted by atomic mass is 32.2. The zero-order valence-corrected chi connectivity index (χ0v) is 22.8. The summed E-state index contributed by atoms with van der Waals surface area (Å²) in [6.07, 6.45) is 6.71. The molecule has 37 heavy (non-hydrogen) atoms. The van der Waals surface area contributed by atoms with Gasteiger partial charge in [-0.05, 0) is 62.4 Å². The number of nitrogens with one attached hydrogen (secondary N) is 1. The molecule has 0 aromatic heterocycles. The molecule has 1 aliphatic carbocycles. The molecule has 0 radical (unpaired) electrons. The lowest BCUT2D eigenvalue weighted by molar-refractivity contribution is -0.141. The van der Waals surface area contributed by atoms with Crippen molar-refractivity contribution in [3.05, 3.63) is 65.5 Å². The molecular formula is C28H38FN3O4S. The second-order valence-electron chi connectivity index (χ2n) is 9.89. The Morgan fingerprint density at radius 3 is 2.32 bits per heavy atom. The van der Waals surface area contributed by atoms with Crippen LogP contribution in [0.15, 0.2) is 48.5 Å². The molecule has 1 atom stereocenters. The van der Waals surface area contributed by atoms with Gasteiger partial charge in [-0.25, -0.2) is 12.8 Å². The van der Waals surface area contributed by atoms with E-state index in [0.29, 0.717) is 11.3 Å². The zero-order chi connectivity index (χ0) is 27.0. The van der Waals surface area contributed by atoms with Crippen molar-refractivity contribution in [2.45, 2.75) is 77.4 Å². The Kier molecular flexibility index (Phi) is 10.1. The Morgan fingerprint density at radius 2 is 1.70 bits per heavy atom. The summed E-state index contributed by atoms with van der Waals surface area (Å²) in [6, 6.07) is 12.5. The second kappa shape index (κ2) is 13.0. The summed E-state index contributed by atoms with van der Waals surface area (Å²) in [7, 11) is -3.55. The minimum atomic E-state index is -3.55. The lowest BCUT2D eigenvalue weighted by atomic mass is 9.95. The zero-order valence-electron chi connectivity index (χ0n) is 22.0. The summed E-state index contributed by atoms with van der Waals surface area (Å²) in [5, 5.41) is 3.09. The van der Waals surface area contributed by atoms with Gasteiger partial charge in [-0.2, -0.15) is 0 Å². The molecule has 3 rings (SSSR count). The Morgan fingerprint density at radius 1 is 1.05 bits per heavy atom. The fraction of sp³-hybridized carbons (Fsp3) is 0.500. The summed E-state index contributed by atoms with van der Waals surface area (Å²) >= 11 is 0. The van der Waals surface area contributed by atoms with Crippen LogP contribution in [0.5, 0.6) is 0 Å². The first-order valence-corrected chi connectivity index (χ1v) is 14.8. The van der Waals surface area contributed by atoms with Crippen LogP contribution in [0.25, 0.3) is 0 Å². The fourth-order valence-electron chi connectivity index (χ4n) is 4.76. The third-order valence-corrected chi connectivity index (χ3v) is 8.10. The third kappa shape index (κ3) is 8.28. The molecule has 0 bridgehead atoms. The quantitative estimate of drug-likeness (QED) is 0.461. The highest BCUT2D eigenvalue weighted by molar-refractivity contribution is 7.92. The SMILES string of the molecule is Cc1ccccc1N(CCCC(=O)N(Cc1ccc(F)cc1)C(C)C(=O)NC1CCCCC1)S(C)(=O)=O. The summed E-state index contributed by atoms with van der Waals surface area (Å²) < 4.78 is 39.7. The number of rotatable bonds is 11. The first-order valence-electron chi connectivity index (χ1n) is 12.9. The van der Waals surface area contributed by atoms with E-state index < -0.39 is 16.1 Å². The third-order valence-electron chi connectivity index (χ3n) is 6.92. The number of hydrogen-bond acceptors (Lipinski definition) is 4. The van der Waals surface area contributed by atoms with Gasteiger partial charge in [0.25, 0.3) is 0 Å². The van der Waals surface area contributed by atoms with E-state index in [1.165, 1.54) is 27.8 Å². The highest BCUT2D eigenvalue weighted by Gasteiger charge is 2.28. The summed E-state index contributed by atoms with van der Waals surface area (Å²) in [4.78, 5) is 28.0. The number of sulfonamides is 1. The normalized spacial score (nSPS) is 15.1. The van der Waals surface area contributed by atoms with E-state index in [0.717, 1.165) is 37.5 Å². The monoisotopic (exact) mass is 531 g/mol. The Hall–Kier alpha value is -2.94. The fourth-order valence-corrected chi connectivity index (χ4v) is 5.79. The molecule has 2 amide bonds. The number of para-hydroxylation sites is 1. The standard InChI is InChI=1S/C28H38FN3O4S/c1-21-10-7-8-13-26(21)32(37(3,35)36)19-9-14-27(33)31(20-23-15-17-24(29)18-16-23)22(2)28(34)30-25-11-5-4-6-12-25/h7-8,10,13,15-18,22,25H,4-6,9,11-12,14,19-20H2,1-3H3,(H,30,34). The molecule has 1 unspecified atom stereocenters. The molecule has 1 fully saturated rings. The van der Waals surface area contributed by atoms with Gasteiger partial charge in [0.15, 0.2) is 0 Å². The lowest BCUT2D eigenvalue weighted by Crippen LogP contribution is -2.50. The van der Waals surface area contributed by atoms with Crippen LogP contribution in [0.4, 0.5) is 10.1 Å². The van der Waals surface area contributed by atoms with Crippen LogP contribution in [0, 0.1) is 12.7 Å². The maximum absolute atomic E-state index is 13.4. The topological polar surface area (TPSA) is 86.8 Å². The Labute approximate surface area is 220 Å². The lowest BCUT2D eigenvalue weighted by Gasteiger charge is -2.31. The molecule has 0 saturated heterocycles. The van der Waals surface area contributed by atoms with Crippen molar-refractivity contribution in [2.75, 3.05) is 17.1 Å². The Bertz CT molecular complexity index is 1160. The van der Waals surface area contributed by atoms with Crippen LogP contribution in [0.2, 0.25) is 0 Å². The predicted octanol–water partition coefficient (Wildman–Crippen LogP) is 4.55. The molecule has 0 heterocycles.